The van der Waals surface area contributed by atoms with E-state index in [1.807, 2.05) is 11.8 Å². The number of rotatable bonds is 4. The molecule has 0 spiro atoms. The summed E-state index contributed by atoms with van der Waals surface area (Å²) in [6, 6.07) is 11.2. The average molecular weight is 262 g/mol. The van der Waals surface area contributed by atoms with Crippen molar-refractivity contribution in [2.75, 3.05) is 17.2 Å². The molecular formula is C15H16F2N2. The van der Waals surface area contributed by atoms with Gasteiger partial charge in [-0.05, 0) is 30.7 Å². The van der Waals surface area contributed by atoms with Crippen molar-refractivity contribution in [3.8, 4) is 0 Å². The summed E-state index contributed by atoms with van der Waals surface area (Å²) in [4.78, 5) is 1.82. The fraction of sp³-hybridized carbons (Fsp3) is 0.200. The second-order valence-electron chi connectivity index (χ2n) is 4.28. The Balaban J connectivity index is 2.30. The van der Waals surface area contributed by atoms with Crippen molar-refractivity contribution in [3.63, 3.8) is 0 Å². The van der Waals surface area contributed by atoms with Crippen LogP contribution in [0.15, 0.2) is 42.5 Å². The molecule has 0 aliphatic rings. The molecule has 0 radical (unpaired) electrons. The molecule has 0 fully saturated rings. The van der Waals surface area contributed by atoms with Crippen LogP contribution in [0.25, 0.3) is 0 Å². The van der Waals surface area contributed by atoms with Gasteiger partial charge in [0.2, 0.25) is 0 Å². The summed E-state index contributed by atoms with van der Waals surface area (Å²) in [6.45, 7) is 2.90. The maximum Gasteiger partial charge on any atom is 0.146 e. The van der Waals surface area contributed by atoms with E-state index in [9.17, 15) is 8.78 Å². The molecule has 19 heavy (non-hydrogen) atoms. The first-order chi connectivity index (χ1) is 9.13. The molecule has 0 atom stereocenters. The Morgan fingerprint density at radius 1 is 1.00 bits per heavy atom. The van der Waals surface area contributed by atoms with Gasteiger partial charge < -0.3 is 10.6 Å². The highest BCUT2D eigenvalue weighted by Crippen LogP contribution is 2.23. The van der Waals surface area contributed by atoms with Crippen LogP contribution in [0.1, 0.15) is 12.5 Å². The number of hydrogen-bond acceptors (Lipinski definition) is 2. The number of nitrogens with two attached hydrogens (primary N) is 1. The lowest BCUT2D eigenvalue weighted by Gasteiger charge is -2.24. The van der Waals surface area contributed by atoms with Crippen molar-refractivity contribution >= 4 is 11.4 Å². The number of hydrogen-bond donors (Lipinski definition) is 1. The van der Waals surface area contributed by atoms with Gasteiger partial charge in [-0.25, -0.2) is 8.78 Å². The van der Waals surface area contributed by atoms with Crippen molar-refractivity contribution in [1.29, 1.82) is 0 Å². The summed E-state index contributed by atoms with van der Waals surface area (Å²) in [5.74, 6) is -0.735. The summed E-state index contributed by atoms with van der Waals surface area (Å²) >= 11 is 0. The van der Waals surface area contributed by atoms with Crippen LogP contribution in [0.2, 0.25) is 0 Å². The number of benzene rings is 2. The first-order valence-corrected chi connectivity index (χ1v) is 6.15. The summed E-state index contributed by atoms with van der Waals surface area (Å²) in [5.41, 5.74) is 6.98. The van der Waals surface area contributed by atoms with Crippen molar-refractivity contribution < 1.29 is 8.78 Å². The third-order valence-corrected chi connectivity index (χ3v) is 3.08. The molecule has 0 heterocycles. The highest BCUT2D eigenvalue weighted by atomic mass is 19.1. The van der Waals surface area contributed by atoms with Gasteiger partial charge in [-0.3, -0.25) is 0 Å². The molecule has 2 aromatic carbocycles. The standard InChI is InChI=1S/C15H16F2N2/c1-2-19(14-9-4-3-7-12(14)16)10-11-6-5-8-13(17)15(11)18/h3-9H,2,10,18H2,1H3. The van der Waals surface area contributed by atoms with Crippen LogP contribution in [0.4, 0.5) is 20.2 Å². The second-order valence-corrected chi connectivity index (χ2v) is 4.28. The summed E-state index contributed by atoms with van der Waals surface area (Å²) in [7, 11) is 0. The summed E-state index contributed by atoms with van der Waals surface area (Å²) in [6.07, 6.45) is 0. The largest absolute Gasteiger partial charge is 0.396 e. The third-order valence-electron chi connectivity index (χ3n) is 3.08. The molecule has 4 heteroatoms. The molecule has 0 aromatic heterocycles. The zero-order valence-corrected chi connectivity index (χ0v) is 10.7. The normalized spacial score (nSPS) is 10.5. The van der Waals surface area contributed by atoms with Crippen LogP contribution in [0.5, 0.6) is 0 Å². The Morgan fingerprint density at radius 2 is 1.68 bits per heavy atom. The molecule has 0 amide bonds. The molecule has 0 unspecified atom stereocenters. The molecule has 2 nitrogen and oxygen atoms in total. The lowest BCUT2D eigenvalue weighted by molar-refractivity contribution is 0.616. The van der Waals surface area contributed by atoms with Gasteiger partial charge in [-0.15, -0.1) is 0 Å². The molecule has 100 valence electrons. The summed E-state index contributed by atoms with van der Waals surface area (Å²) < 4.78 is 27.2. The zero-order chi connectivity index (χ0) is 13.8. The minimum Gasteiger partial charge on any atom is -0.396 e. The molecule has 0 saturated carbocycles. The predicted molar refractivity (Wildman–Crippen MR) is 73.9 cm³/mol. The topological polar surface area (TPSA) is 29.3 Å². The van der Waals surface area contributed by atoms with Crippen molar-refractivity contribution in [2.45, 2.75) is 13.5 Å². The van der Waals surface area contributed by atoms with Gasteiger partial charge in [0.15, 0.2) is 0 Å². The van der Waals surface area contributed by atoms with Crippen LogP contribution in [0, 0.1) is 11.6 Å². The maximum atomic E-state index is 13.8. The molecule has 2 N–H and O–H groups in total. The van der Waals surface area contributed by atoms with Crippen LogP contribution in [-0.2, 0) is 6.54 Å². The van der Waals surface area contributed by atoms with Crippen molar-refractivity contribution in [1.82, 2.24) is 0 Å². The molecule has 0 saturated heterocycles. The van der Waals surface area contributed by atoms with Crippen LogP contribution in [0.3, 0.4) is 0 Å². The molecule has 2 aromatic rings. The number of para-hydroxylation sites is 2. The van der Waals surface area contributed by atoms with E-state index < -0.39 is 5.82 Å². The Morgan fingerprint density at radius 3 is 2.37 bits per heavy atom. The fourth-order valence-electron chi connectivity index (χ4n) is 2.00. The van der Waals surface area contributed by atoms with Crippen LogP contribution in [-0.4, -0.2) is 6.54 Å². The number of halogens is 2. The number of anilines is 2. The fourth-order valence-corrected chi connectivity index (χ4v) is 2.00. The smallest absolute Gasteiger partial charge is 0.146 e. The molecular weight excluding hydrogens is 246 g/mol. The van der Waals surface area contributed by atoms with Gasteiger partial charge >= 0.3 is 0 Å². The van der Waals surface area contributed by atoms with Gasteiger partial charge in [-0.2, -0.15) is 0 Å². The van der Waals surface area contributed by atoms with E-state index in [4.69, 9.17) is 5.73 Å². The SMILES string of the molecule is CCN(Cc1cccc(F)c1N)c1ccccc1F. The highest BCUT2D eigenvalue weighted by Gasteiger charge is 2.12. The van der Waals surface area contributed by atoms with Crippen LogP contribution < -0.4 is 10.6 Å². The van der Waals surface area contributed by atoms with Crippen molar-refractivity contribution in [3.05, 3.63) is 59.7 Å². The van der Waals surface area contributed by atoms with E-state index in [0.29, 0.717) is 24.3 Å². The van der Waals surface area contributed by atoms with E-state index in [2.05, 4.69) is 0 Å². The second kappa shape index (κ2) is 5.69. The molecule has 2 rings (SSSR count). The average Bonchev–Trinajstić information content (AvgIpc) is 2.41. The van der Waals surface area contributed by atoms with Gasteiger partial charge in [-0.1, -0.05) is 24.3 Å². The van der Waals surface area contributed by atoms with Gasteiger partial charge in [0.25, 0.3) is 0 Å². The van der Waals surface area contributed by atoms with E-state index in [1.54, 1.807) is 30.3 Å². The Kier molecular flexibility index (Phi) is 4.00. The Hall–Kier alpha value is -2.10. The van der Waals surface area contributed by atoms with E-state index in [0.717, 1.165) is 0 Å². The summed E-state index contributed by atoms with van der Waals surface area (Å²) in [5, 5.41) is 0. The predicted octanol–water partition coefficient (Wildman–Crippen LogP) is 3.57. The van der Waals surface area contributed by atoms with E-state index in [1.165, 1.54) is 12.1 Å². The Bertz CT molecular complexity index is 570. The maximum absolute atomic E-state index is 13.8. The molecule has 0 aliphatic heterocycles. The first-order valence-electron chi connectivity index (χ1n) is 6.15. The lowest BCUT2D eigenvalue weighted by atomic mass is 10.1. The van der Waals surface area contributed by atoms with Gasteiger partial charge in [0.05, 0.1) is 11.4 Å². The minimum absolute atomic E-state index is 0.122. The van der Waals surface area contributed by atoms with Crippen LogP contribution >= 0.6 is 0 Å². The minimum atomic E-state index is -0.443. The molecule has 0 aliphatic carbocycles. The number of nitrogens with zero attached hydrogens (tertiary/aromatic N) is 1. The van der Waals surface area contributed by atoms with Gasteiger partial charge in [0, 0.05) is 13.1 Å². The lowest BCUT2D eigenvalue weighted by Crippen LogP contribution is -2.23. The van der Waals surface area contributed by atoms with E-state index >= 15 is 0 Å². The first kappa shape index (κ1) is 13.3. The number of nitrogen functional groups attached to an aromatic ring is 1. The highest BCUT2D eigenvalue weighted by molar-refractivity contribution is 5.53. The van der Waals surface area contributed by atoms with Gasteiger partial charge in [0.1, 0.15) is 11.6 Å². The monoisotopic (exact) mass is 262 g/mol. The zero-order valence-electron chi connectivity index (χ0n) is 10.7. The Labute approximate surface area is 111 Å². The third kappa shape index (κ3) is 2.84. The van der Waals surface area contributed by atoms with E-state index in [-0.39, 0.29) is 11.5 Å². The quantitative estimate of drug-likeness (QED) is 0.853. The molecule has 0 bridgehead atoms. The van der Waals surface area contributed by atoms with Crippen molar-refractivity contribution in [2.24, 2.45) is 0 Å².